The fourth-order valence-electron chi connectivity index (χ4n) is 2.50. The van der Waals surface area contributed by atoms with Crippen molar-refractivity contribution in [2.24, 2.45) is 5.92 Å². The van der Waals surface area contributed by atoms with E-state index < -0.39 is 5.97 Å². The van der Waals surface area contributed by atoms with Crippen molar-refractivity contribution < 1.29 is 9.90 Å². The number of carboxylic acid groups (broad SMARTS) is 1. The highest BCUT2D eigenvalue weighted by Gasteiger charge is 2.22. The standard InChI is InChI=1S/C13H17ClN2O2/c1-8(9-4-2-3-5-9)15-12-7-10(13(17)18)6-11(14)16-12/h6-9H,2-5H2,1H3,(H,15,16)(H,17,18). The van der Waals surface area contributed by atoms with E-state index in [9.17, 15) is 4.79 Å². The topological polar surface area (TPSA) is 62.2 Å². The van der Waals surface area contributed by atoms with Gasteiger partial charge in [0.15, 0.2) is 0 Å². The van der Waals surface area contributed by atoms with Crippen LogP contribution in [0.5, 0.6) is 0 Å². The molecule has 18 heavy (non-hydrogen) atoms. The molecule has 2 N–H and O–H groups in total. The number of hydrogen-bond donors (Lipinski definition) is 2. The van der Waals surface area contributed by atoms with Gasteiger partial charge < -0.3 is 10.4 Å². The van der Waals surface area contributed by atoms with Gasteiger partial charge in [-0.25, -0.2) is 9.78 Å². The number of hydrogen-bond acceptors (Lipinski definition) is 3. The normalized spacial score (nSPS) is 17.7. The first kappa shape index (κ1) is 13.1. The minimum atomic E-state index is -0.990. The van der Waals surface area contributed by atoms with Crippen LogP contribution in [-0.2, 0) is 0 Å². The summed E-state index contributed by atoms with van der Waals surface area (Å²) in [6, 6.07) is 3.18. The Hall–Kier alpha value is -1.29. The summed E-state index contributed by atoms with van der Waals surface area (Å²) in [5.41, 5.74) is 0.163. The molecule has 0 radical (unpaired) electrons. The minimum absolute atomic E-state index is 0.163. The molecular weight excluding hydrogens is 252 g/mol. The predicted molar refractivity (Wildman–Crippen MR) is 71.2 cm³/mol. The van der Waals surface area contributed by atoms with E-state index in [0.29, 0.717) is 17.8 Å². The molecule has 0 spiro atoms. The lowest BCUT2D eigenvalue weighted by Crippen LogP contribution is -2.24. The summed E-state index contributed by atoms with van der Waals surface area (Å²) in [4.78, 5) is 15.1. The van der Waals surface area contributed by atoms with Crippen molar-refractivity contribution >= 4 is 23.4 Å². The Morgan fingerprint density at radius 1 is 1.50 bits per heavy atom. The number of nitrogens with one attached hydrogen (secondary N) is 1. The molecule has 1 unspecified atom stereocenters. The van der Waals surface area contributed by atoms with Crippen molar-refractivity contribution in [1.82, 2.24) is 4.98 Å². The third kappa shape index (κ3) is 3.13. The highest BCUT2D eigenvalue weighted by molar-refractivity contribution is 6.29. The van der Waals surface area contributed by atoms with Crippen LogP contribution in [0.25, 0.3) is 0 Å². The summed E-state index contributed by atoms with van der Waals surface area (Å²) in [5, 5.41) is 12.4. The Bertz CT molecular complexity index is 445. The van der Waals surface area contributed by atoms with Gasteiger partial charge in [0.1, 0.15) is 11.0 Å². The third-order valence-corrected chi connectivity index (χ3v) is 3.72. The van der Waals surface area contributed by atoms with Gasteiger partial charge in [-0.05, 0) is 37.8 Å². The number of rotatable bonds is 4. The van der Waals surface area contributed by atoms with Crippen LogP contribution in [0.3, 0.4) is 0 Å². The van der Waals surface area contributed by atoms with Crippen molar-refractivity contribution in [2.75, 3.05) is 5.32 Å². The van der Waals surface area contributed by atoms with Crippen LogP contribution >= 0.6 is 11.6 Å². The first-order chi connectivity index (χ1) is 8.56. The minimum Gasteiger partial charge on any atom is -0.478 e. The predicted octanol–water partition coefficient (Wildman–Crippen LogP) is 3.42. The van der Waals surface area contributed by atoms with Gasteiger partial charge in [-0.1, -0.05) is 24.4 Å². The fourth-order valence-corrected chi connectivity index (χ4v) is 2.71. The van der Waals surface area contributed by atoms with Crippen LogP contribution < -0.4 is 5.32 Å². The van der Waals surface area contributed by atoms with Crippen LogP contribution in [0.2, 0.25) is 5.15 Å². The lowest BCUT2D eigenvalue weighted by atomic mass is 10.00. The molecule has 1 aromatic heterocycles. The quantitative estimate of drug-likeness (QED) is 0.822. The molecule has 1 atom stereocenters. The number of pyridine rings is 1. The fraction of sp³-hybridized carbons (Fsp3) is 0.538. The van der Waals surface area contributed by atoms with Gasteiger partial charge in [-0.2, -0.15) is 0 Å². The van der Waals surface area contributed by atoms with Gasteiger partial charge in [0.25, 0.3) is 0 Å². The highest BCUT2D eigenvalue weighted by Crippen LogP contribution is 2.29. The molecular formula is C13H17ClN2O2. The molecule has 1 fully saturated rings. The Morgan fingerprint density at radius 3 is 2.78 bits per heavy atom. The van der Waals surface area contributed by atoms with Gasteiger partial charge in [0.05, 0.1) is 5.56 Å². The smallest absolute Gasteiger partial charge is 0.335 e. The maximum absolute atomic E-state index is 10.9. The Labute approximate surface area is 111 Å². The van der Waals surface area contributed by atoms with Gasteiger partial charge in [-0.15, -0.1) is 0 Å². The molecule has 98 valence electrons. The van der Waals surface area contributed by atoms with E-state index in [1.807, 2.05) is 0 Å². The van der Waals surface area contributed by atoms with Gasteiger partial charge in [-0.3, -0.25) is 0 Å². The van der Waals surface area contributed by atoms with Crippen molar-refractivity contribution in [3.8, 4) is 0 Å². The lowest BCUT2D eigenvalue weighted by molar-refractivity contribution is 0.0697. The SMILES string of the molecule is CC(Nc1cc(C(=O)O)cc(Cl)n1)C1CCCC1. The summed E-state index contributed by atoms with van der Waals surface area (Å²) in [6.45, 7) is 2.11. The van der Waals surface area contributed by atoms with Crippen molar-refractivity contribution in [3.63, 3.8) is 0 Å². The molecule has 0 aromatic carbocycles. The van der Waals surface area contributed by atoms with E-state index in [1.54, 1.807) is 0 Å². The molecule has 4 nitrogen and oxygen atoms in total. The largest absolute Gasteiger partial charge is 0.478 e. The zero-order valence-corrected chi connectivity index (χ0v) is 11.1. The van der Waals surface area contributed by atoms with Crippen molar-refractivity contribution in [2.45, 2.75) is 38.6 Å². The van der Waals surface area contributed by atoms with E-state index in [0.717, 1.165) is 0 Å². The average Bonchev–Trinajstić information content (AvgIpc) is 2.81. The second kappa shape index (κ2) is 5.57. The second-order valence-electron chi connectivity index (χ2n) is 4.85. The van der Waals surface area contributed by atoms with Crippen molar-refractivity contribution in [1.29, 1.82) is 0 Å². The van der Waals surface area contributed by atoms with E-state index in [1.165, 1.54) is 37.8 Å². The molecule has 1 aliphatic rings. The van der Waals surface area contributed by atoms with Crippen LogP contribution in [0.15, 0.2) is 12.1 Å². The first-order valence-electron chi connectivity index (χ1n) is 6.23. The van der Waals surface area contributed by atoms with Crippen LogP contribution in [-0.4, -0.2) is 22.1 Å². The van der Waals surface area contributed by atoms with Gasteiger partial charge in [0, 0.05) is 6.04 Å². The van der Waals surface area contributed by atoms with Gasteiger partial charge >= 0.3 is 5.97 Å². The Morgan fingerprint density at radius 2 is 2.17 bits per heavy atom. The highest BCUT2D eigenvalue weighted by atomic mass is 35.5. The zero-order valence-electron chi connectivity index (χ0n) is 10.3. The lowest BCUT2D eigenvalue weighted by Gasteiger charge is -2.21. The maximum atomic E-state index is 10.9. The molecule has 1 heterocycles. The second-order valence-corrected chi connectivity index (χ2v) is 5.23. The number of aromatic carboxylic acids is 1. The first-order valence-corrected chi connectivity index (χ1v) is 6.61. The van der Waals surface area contributed by atoms with E-state index in [4.69, 9.17) is 16.7 Å². The summed E-state index contributed by atoms with van der Waals surface area (Å²) in [6.07, 6.45) is 5.00. The van der Waals surface area contributed by atoms with Crippen LogP contribution in [0.4, 0.5) is 5.82 Å². The molecule has 0 bridgehead atoms. The molecule has 0 saturated heterocycles. The summed E-state index contributed by atoms with van der Waals surface area (Å²) in [7, 11) is 0. The van der Waals surface area contributed by atoms with Crippen molar-refractivity contribution in [3.05, 3.63) is 22.8 Å². The molecule has 1 aromatic rings. The van der Waals surface area contributed by atoms with Crippen LogP contribution in [0.1, 0.15) is 43.0 Å². The number of anilines is 1. The molecule has 1 saturated carbocycles. The van der Waals surface area contributed by atoms with E-state index >= 15 is 0 Å². The summed E-state index contributed by atoms with van der Waals surface area (Å²) >= 11 is 5.82. The summed E-state index contributed by atoms with van der Waals surface area (Å²) in [5.74, 6) is 0.189. The van der Waals surface area contributed by atoms with Gasteiger partial charge in [0.2, 0.25) is 0 Å². The van der Waals surface area contributed by atoms with Crippen LogP contribution in [0, 0.1) is 5.92 Å². The Balaban J connectivity index is 2.10. The number of carbonyl (C=O) groups is 1. The number of carboxylic acids is 1. The Kier molecular flexibility index (Phi) is 4.07. The number of halogens is 1. The van der Waals surface area contributed by atoms with E-state index in [-0.39, 0.29) is 10.7 Å². The number of nitrogens with zero attached hydrogens (tertiary/aromatic N) is 1. The molecule has 0 amide bonds. The molecule has 5 heteroatoms. The molecule has 2 rings (SSSR count). The monoisotopic (exact) mass is 268 g/mol. The zero-order chi connectivity index (χ0) is 13.1. The third-order valence-electron chi connectivity index (χ3n) is 3.52. The molecule has 1 aliphatic carbocycles. The maximum Gasteiger partial charge on any atom is 0.335 e. The molecule has 0 aliphatic heterocycles. The summed E-state index contributed by atoms with van der Waals surface area (Å²) < 4.78 is 0. The van der Waals surface area contributed by atoms with E-state index in [2.05, 4.69) is 17.2 Å². The average molecular weight is 269 g/mol. The number of aromatic nitrogens is 1.